The van der Waals surface area contributed by atoms with E-state index in [0.717, 1.165) is 41.7 Å². The van der Waals surface area contributed by atoms with Gasteiger partial charge in [0.15, 0.2) is 5.82 Å². The number of nitrogens with one attached hydrogen (secondary N) is 1. The summed E-state index contributed by atoms with van der Waals surface area (Å²) in [6, 6.07) is 3.84. The SMILES string of the molecule is CCn1nc2c(c1Nc1nc(-c3ccc(-n4cnc(C)c4)c(OC)n3)ns1)CCCC2. The molecule has 0 aliphatic heterocycles. The third kappa shape index (κ3) is 3.67. The molecule has 1 N–H and O–H groups in total. The van der Waals surface area contributed by atoms with E-state index < -0.39 is 0 Å². The molecule has 0 saturated heterocycles. The molecule has 10 heteroatoms. The summed E-state index contributed by atoms with van der Waals surface area (Å²) < 4.78 is 14.0. The minimum atomic E-state index is 0.498. The fourth-order valence-electron chi connectivity index (χ4n) is 3.91. The molecule has 4 heterocycles. The van der Waals surface area contributed by atoms with Crippen molar-refractivity contribution < 1.29 is 4.74 Å². The smallest absolute Gasteiger partial charge is 0.238 e. The van der Waals surface area contributed by atoms with E-state index >= 15 is 0 Å². The van der Waals surface area contributed by atoms with Crippen molar-refractivity contribution in [3.8, 4) is 23.1 Å². The maximum Gasteiger partial charge on any atom is 0.238 e. The Hall–Kier alpha value is -3.27. The first-order valence-electron chi connectivity index (χ1n) is 10.4. The van der Waals surface area contributed by atoms with Crippen LogP contribution in [0, 0.1) is 6.92 Å². The van der Waals surface area contributed by atoms with Gasteiger partial charge in [-0.2, -0.15) is 14.5 Å². The molecule has 0 amide bonds. The van der Waals surface area contributed by atoms with Crippen molar-refractivity contribution >= 4 is 22.5 Å². The average molecular weight is 437 g/mol. The van der Waals surface area contributed by atoms with E-state index in [-0.39, 0.29) is 0 Å². The number of hydrogen-bond acceptors (Lipinski definition) is 8. The fraction of sp³-hybridized carbons (Fsp3) is 0.381. The van der Waals surface area contributed by atoms with Gasteiger partial charge in [0.05, 0.1) is 24.8 Å². The molecule has 0 saturated carbocycles. The molecule has 4 aromatic heterocycles. The zero-order valence-corrected chi connectivity index (χ0v) is 18.6. The highest BCUT2D eigenvalue weighted by Gasteiger charge is 2.21. The molecule has 31 heavy (non-hydrogen) atoms. The van der Waals surface area contributed by atoms with Crippen molar-refractivity contribution in [3.63, 3.8) is 0 Å². The normalized spacial score (nSPS) is 13.3. The Morgan fingerprint density at radius 1 is 1.19 bits per heavy atom. The van der Waals surface area contributed by atoms with E-state index in [4.69, 9.17) is 9.84 Å². The van der Waals surface area contributed by atoms with Crippen LogP contribution in [0.15, 0.2) is 24.7 Å². The van der Waals surface area contributed by atoms with E-state index in [2.05, 4.69) is 31.6 Å². The van der Waals surface area contributed by atoms with Gasteiger partial charge in [-0.3, -0.25) is 0 Å². The predicted octanol–water partition coefficient (Wildman–Crippen LogP) is 3.94. The number of nitrogens with zero attached hydrogens (tertiary/aromatic N) is 7. The zero-order valence-electron chi connectivity index (χ0n) is 17.8. The summed E-state index contributed by atoms with van der Waals surface area (Å²) >= 11 is 1.32. The molecule has 0 spiro atoms. The first-order chi connectivity index (χ1) is 15.2. The maximum atomic E-state index is 5.52. The molecule has 5 rings (SSSR count). The molecule has 160 valence electrons. The van der Waals surface area contributed by atoms with Crippen molar-refractivity contribution in [2.75, 3.05) is 12.4 Å². The third-order valence-electron chi connectivity index (χ3n) is 5.43. The third-order valence-corrected chi connectivity index (χ3v) is 6.06. The van der Waals surface area contributed by atoms with E-state index in [1.54, 1.807) is 13.4 Å². The van der Waals surface area contributed by atoms with Crippen LogP contribution < -0.4 is 10.1 Å². The lowest BCUT2D eigenvalue weighted by molar-refractivity contribution is 0.396. The minimum Gasteiger partial charge on any atom is -0.479 e. The quantitative estimate of drug-likeness (QED) is 0.489. The fourth-order valence-corrected chi connectivity index (χ4v) is 4.49. The number of rotatable bonds is 6. The van der Waals surface area contributed by atoms with Crippen molar-refractivity contribution in [2.45, 2.75) is 46.1 Å². The molecule has 0 unspecified atom stereocenters. The Balaban J connectivity index is 1.43. The van der Waals surface area contributed by atoms with Gasteiger partial charge in [-0.05, 0) is 51.7 Å². The number of hydrogen-bond donors (Lipinski definition) is 1. The maximum absolute atomic E-state index is 5.52. The molecule has 1 aliphatic rings. The van der Waals surface area contributed by atoms with Crippen molar-refractivity contribution in [2.24, 2.45) is 0 Å². The second-order valence-corrected chi connectivity index (χ2v) is 8.24. The second-order valence-electron chi connectivity index (χ2n) is 7.49. The van der Waals surface area contributed by atoms with Gasteiger partial charge in [0.2, 0.25) is 11.0 Å². The van der Waals surface area contributed by atoms with Crippen LogP contribution >= 0.6 is 11.5 Å². The molecule has 4 aromatic rings. The molecular formula is C21H24N8OS. The Labute approximate surface area is 184 Å². The van der Waals surface area contributed by atoms with Gasteiger partial charge in [0.25, 0.3) is 0 Å². The lowest BCUT2D eigenvalue weighted by atomic mass is 9.97. The topological polar surface area (TPSA) is 95.6 Å². The van der Waals surface area contributed by atoms with Crippen molar-refractivity contribution in [3.05, 3.63) is 41.6 Å². The summed E-state index contributed by atoms with van der Waals surface area (Å²) in [4.78, 5) is 13.6. The highest BCUT2D eigenvalue weighted by molar-refractivity contribution is 7.09. The monoisotopic (exact) mass is 436 g/mol. The molecule has 0 bridgehead atoms. The van der Waals surface area contributed by atoms with Gasteiger partial charge >= 0.3 is 0 Å². The Kier molecular flexibility index (Phi) is 5.14. The van der Waals surface area contributed by atoms with Gasteiger partial charge in [0, 0.05) is 29.8 Å². The summed E-state index contributed by atoms with van der Waals surface area (Å²) in [6.07, 6.45) is 8.18. The predicted molar refractivity (Wildman–Crippen MR) is 119 cm³/mol. The van der Waals surface area contributed by atoms with Gasteiger partial charge in [0.1, 0.15) is 17.2 Å². The summed E-state index contributed by atoms with van der Waals surface area (Å²) in [5.74, 6) is 2.10. The van der Waals surface area contributed by atoms with Gasteiger partial charge in [-0.15, -0.1) is 0 Å². The number of ether oxygens (including phenoxy) is 1. The number of aromatic nitrogens is 7. The zero-order chi connectivity index (χ0) is 21.4. The number of pyridine rings is 1. The van der Waals surface area contributed by atoms with E-state index in [1.807, 2.05) is 34.5 Å². The summed E-state index contributed by atoms with van der Waals surface area (Å²) in [7, 11) is 1.61. The lowest BCUT2D eigenvalue weighted by Crippen LogP contribution is -2.05. The van der Waals surface area contributed by atoms with Crippen molar-refractivity contribution in [1.82, 2.24) is 33.7 Å². The Morgan fingerprint density at radius 3 is 2.84 bits per heavy atom. The van der Waals surface area contributed by atoms with Crippen LogP contribution in [0.1, 0.15) is 36.7 Å². The minimum absolute atomic E-state index is 0.498. The van der Waals surface area contributed by atoms with E-state index in [1.165, 1.54) is 35.6 Å². The Morgan fingerprint density at radius 2 is 2.06 bits per heavy atom. The molecule has 0 atom stereocenters. The second kappa shape index (κ2) is 8.10. The number of aryl methyl sites for hydroxylation is 3. The molecule has 1 aliphatic carbocycles. The molecule has 0 fully saturated rings. The molecular weight excluding hydrogens is 412 g/mol. The molecule has 9 nitrogen and oxygen atoms in total. The van der Waals surface area contributed by atoms with Gasteiger partial charge in [-0.25, -0.2) is 14.6 Å². The largest absolute Gasteiger partial charge is 0.479 e. The number of imidazole rings is 1. The highest BCUT2D eigenvalue weighted by Crippen LogP contribution is 2.32. The summed E-state index contributed by atoms with van der Waals surface area (Å²) in [6.45, 7) is 4.86. The number of methoxy groups -OCH3 is 1. The summed E-state index contributed by atoms with van der Waals surface area (Å²) in [5.41, 5.74) is 4.92. The summed E-state index contributed by atoms with van der Waals surface area (Å²) in [5, 5.41) is 8.96. The Bertz CT molecular complexity index is 1220. The molecule has 0 radical (unpaired) electrons. The van der Waals surface area contributed by atoms with E-state index in [9.17, 15) is 0 Å². The molecule has 0 aromatic carbocycles. The van der Waals surface area contributed by atoms with Crippen LogP contribution in [-0.4, -0.2) is 40.8 Å². The van der Waals surface area contributed by atoms with Gasteiger partial charge in [-0.1, -0.05) is 0 Å². The van der Waals surface area contributed by atoms with Crippen LogP contribution in [0.2, 0.25) is 0 Å². The highest BCUT2D eigenvalue weighted by atomic mass is 32.1. The van der Waals surface area contributed by atoms with Crippen LogP contribution in [0.3, 0.4) is 0 Å². The lowest BCUT2D eigenvalue weighted by Gasteiger charge is -2.11. The van der Waals surface area contributed by atoms with Crippen LogP contribution in [-0.2, 0) is 19.4 Å². The first-order valence-corrected chi connectivity index (χ1v) is 11.2. The number of anilines is 2. The van der Waals surface area contributed by atoms with E-state index in [0.29, 0.717) is 17.4 Å². The van der Waals surface area contributed by atoms with Crippen molar-refractivity contribution in [1.29, 1.82) is 0 Å². The van der Waals surface area contributed by atoms with Crippen LogP contribution in [0.4, 0.5) is 10.9 Å². The standard InChI is InChI=1S/C21H24N8OS/c1-4-29-19(14-7-5-6-8-15(14)26-29)25-21-24-18(27-31-21)16-9-10-17(20(23-16)30-3)28-11-13(2)22-12-28/h9-12H,4-8H2,1-3H3,(H,24,25,27). The number of fused-ring (bicyclic) bond motifs is 1. The first kappa shape index (κ1) is 19.7. The van der Waals surface area contributed by atoms with Crippen LogP contribution in [0.5, 0.6) is 5.88 Å². The van der Waals surface area contributed by atoms with Gasteiger partial charge < -0.3 is 14.6 Å². The van der Waals surface area contributed by atoms with Crippen LogP contribution in [0.25, 0.3) is 17.2 Å². The average Bonchev–Trinajstić information content (AvgIpc) is 3.52.